The molecule has 0 radical (unpaired) electrons. The van der Waals surface area contributed by atoms with Crippen molar-refractivity contribution in [1.29, 1.82) is 0 Å². The highest BCUT2D eigenvalue weighted by molar-refractivity contribution is 7.31. The van der Waals surface area contributed by atoms with Crippen LogP contribution in [-0.2, 0) is 0 Å². The molecule has 0 atom stereocenters. The van der Waals surface area contributed by atoms with Crippen molar-refractivity contribution in [2.75, 3.05) is 5.73 Å². The fourth-order valence-electron chi connectivity index (χ4n) is 1.58. The van der Waals surface area contributed by atoms with E-state index in [0.29, 0.717) is 0 Å². The highest BCUT2D eigenvalue weighted by atomic mass is 32.1. The van der Waals surface area contributed by atoms with Crippen molar-refractivity contribution < 1.29 is 0 Å². The number of rotatable bonds is 0. The van der Waals surface area contributed by atoms with Gasteiger partial charge in [-0.1, -0.05) is 0 Å². The molecule has 14 heavy (non-hydrogen) atoms. The van der Waals surface area contributed by atoms with Crippen LogP contribution in [0.2, 0.25) is 0 Å². The second-order valence-corrected chi connectivity index (χ2v) is 5.11. The molecule has 3 rings (SSSR count). The highest BCUT2D eigenvalue weighted by Gasteiger charge is 2.09. The molecule has 0 aliphatic heterocycles. The predicted molar refractivity (Wildman–Crippen MR) is 64.2 cm³/mol. The van der Waals surface area contributed by atoms with E-state index in [0.717, 1.165) is 11.4 Å². The Bertz CT molecular complexity index is 621. The zero-order chi connectivity index (χ0) is 9.71. The third-order valence-corrected chi connectivity index (χ3v) is 4.65. The van der Waals surface area contributed by atoms with Gasteiger partial charge in [-0.3, -0.25) is 0 Å². The van der Waals surface area contributed by atoms with Crippen molar-refractivity contribution in [3.63, 3.8) is 0 Å². The van der Waals surface area contributed by atoms with Crippen LogP contribution in [0.1, 0.15) is 5.69 Å². The van der Waals surface area contributed by atoms with Crippen LogP contribution in [0.5, 0.6) is 0 Å². The number of benzene rings is 1. The lowest BCUT2D eigenvalue weighted by atomic mass is 10.2. The van der Waals surface area contributed by atoms with Gasteiger partial charge >= 0.3 is 0 Å². The number of thiophene rings is 1. The molecule has 3 aromatic rings. The van der Waals surface area contributed by atoms with E-state index < -0.39 is 0 Å². The van der Waals surface area contributed by atoms with Crippen molar-refractivity contribution in [3.8, 4) is 0 Å². The monoisotopic (exact) mass is 220 g/mol. The van der Waals surface area contributed by atoms with Gasteiger partial charge in [-0.25, -0.2) is 0 Å². The Morgan fingerprint density at radius 1 is 1.29 bits per heavy atom. The molecule has 0 fully saturated rings. The number of anilines is 1. The zero-order valence-corrected chi connectivity index (χ0v) is 9.21. The van der Waals surface area contributed by atoms with Gasteiger partial charge in [0, 0.05) is 15.8 Å². The Kier molecular flexibility index (Phi) is 1.57. The number of nitrogens with two attached hydrogens (primary N) is 1. The number of hydrogen-bond donors (Lipinski definition) is 1. The fraction of sp³-hybridized carbons (Fsp3) is 0.100. The molecule has 0 aliphatic carbocycles. The predicted octanol–water partition coefficient (Wildman–Crippen LogP) is 3.40. The van der Waals surface area contributed by atoms with Crippen LogP contribution in [-0.4, -0.2) is 4.37 Å². The summed E-state index contributed by atoms with van der Waals surface area (Å²) >= 11 is 3.36. The van der Waals surface area contributed by atoms with Gasteiger partial charge in [0.15, 0.2) is 0 Å². The first kappa shape index (κ1) is 8.20. The first-order valence-electron chi connectivity index (χ1n) is 4.30. The molecule has 0 amide bonds. The minimum absolute atomic E-state index is 0.822. The maximum atomic E-state index is 5.77. The van der Waals surface area contributed by atoms with Gasteiger partial charge in [-0.15, -0.1) is 11.3 Å². The molecule has 2 N–H and O–H groups in total. The first-order chi connectivity index (χ1) is 6.75. The SMILES string of the molecule is Cc1nsc2c1sc1ccc(N)cc12. The molecule has 2 nitrogen and oxygen atoms in total. The van der Waals surface area contributed by atoms with Crippen LogP contribution in [0.15, 0.2) is 18.2 Å². The van der Waals surface area contributed by atoms with E-state index >= 15 is 0 Å². The Labute approximate surface area is 89.1 Å². The Balaban J connectivity index is 2.58. The van der Waals surface area contributed by atoms with Crippen molar-refractivity contribution in [3.05, 3.63) is 23.9 Å². The zero-order valence-electron chi connectivity index (χ0n) is 7.57. The highest BCUT2D eigenvalue weighted by Crippen LogP contribution is 2.38. The molecule has 0 saturated carbocycles. The van der Waals surface area contributed by atoms with Gasteiger partial charge in [-0.05, 0) is 36.7 Å². The minimum Gasteiger partial charge on any atom is -0.399 e. The molecule has 0 bridgehead atoms. The Morgan fingerprint density at radius 3 is 3.00 bits per heavy atom. The summed E-state index contributed by atoms with van der Waals surface area (Å²) in [7, 11) is 0. The summed E-state index contributed by atoms with van der Waals surface area (Å²) in [5, 5.41) is 1.25. The molecule has 1 aromatic carbocycles. The number of hydrogen-bond acceptors (Lipinski definition) is 4. The van der Waals surface area contributed by atoms with Gasteiger partial charge in [0.2, 0.25) is 0 Å². The van der Waals surface area contributed by atoms with E-state index in [9.17, 15) is 0 Å². The lowest BCUT2D eigenvalue weighted by Crippen LogP contribution is -1.80. The minimum atomic E-state index is 0.822. The smallest absolute Gasteiger partial charge is 0.0740 e. The summed E-state index contributed by atoms with van der Waals surface area (Å²) in [6.45, 7) is 2.05. The van der Waals surface area contributed by atoms with Crippen LogP contribution in [0.25, 0.3) is 19.5 Å². The van der Waals surface area contributed by atoms with Crippen molar-refractivity contribution in [2.45, 2.75) is 6.92 Å². The van der Waals surface area contributed by atoms with Gasteiger partial charge < -0.3 is 5.73 Å². The molecule has 2 aromatic heterocycles. The van der Waals surface area contributed by atoms with E-state index in [2.05, 4.69) is 17.4 Å². The van der Waals surface area contributed by atoms with E-state index in [1.807, 2.05) is 12.1 Å². The Hall–Kier alpha value is -1.13. The van der Waals surface area contributed by atoms with E-state index in [1.54, 1.807) is 22.9 Å². The maximum Gasteiger partial charge on any atom is 0.0740 e. The molecular formula is C10H8N2S2. The fourth-order valence-corrected chi connectivity index (χ4v) is 3.78. The third-order valence-electron chi connectivity index (χ3n) is 2.27. The summed E-state index contributed by atoms with van der Waals surface area (Å²) in [6, 6.07) is 6.07. The first-order valence-corrected chi connectivity index (χ1v) is 5.89. The quantitative estimate of drug-likeness (QED) is 0.590. The van der Waals surface area contributed by atoms with Crippen molar-refractivity contribution >= 4 is 48.0 Å². The lowest BCUT2D eigenvalue weighted by molar-refractivity contribution is 1.38. The third kappa shape index (κ3) is 0.980. The Morgan fingerprint density at radius 2 is 2.14 bits per heavy atom. The second-order valence-electron chi connectivity index (χ2n) is 3.28. The van der Waals surface area contributed by atoms with Crippen LogP contribution in [0.4, 0.5) is 5.69 Å². The number of aryl methyl sites for hydroxylation is 1. The number of fused-ring (bicyclic) bond motifs is 3. The van der Waals surface area contributed by atoms with Gasteiger partial charge in [0.1, 0.15) is 0 Å². The maximum absolute atomic E-state index is 5.77. The van der Waals surface area contributed by atoms with Crippen molar-refractivity contribution in [1.82, 2.24) is 4.37 Å². The van der Waals surface area contributed by atoms with Gasteiger partial charge in [-0.2, -0.15) is 4.37 Å². The van der Waals surface area contributed by atoms with Crippen LogP contribution < -0.4 is 5.73 Å². The molecular weight excluding hydrogens is 212 g/mol. The topological polar surface area (TPSA) is 38.9 Å². The molecule has 0 unspecified atom stereocenters. The normalized spacial score (nSPS) is 11.5. The lowest BCUT2D eigenvalue weighted by Gasteiger charge is -1.91. The molecule has 0 spiro atoms. The van der Waals surface area contributed by atoms with E-state index in [4.69, 9.17) is 5.73 Å². The molecule has 2 heterocycles. The molecule has 0 saturated heterocycles. The summed E-state index contributed by atoms with van der Waals surface area (Å²) in [5.74, 6) is 0. The van der Waals surface area contributed by atoms with Crippen LogP contribution >= 0.6 is 22.9 Å². The second kappa shape index (κ2) is 2.68. The largest absolute Gasteiger partial charge is 0.399 e. The van der Waals surface area contributed by atoms with E-state index in [1.165, 1.54) is 19.5 Å². The summed E-state index contributed by atoms with van der Waals surface area (Å²) in [6.07, 6.45) is 0. The summed E-state index contributed by atoms with van der Waals surface area (Å²) in [4.78, 5) is 0. The van der Waals surface area contributed by atoms with Gasteiger partial charge in [0.25, 0.3) is 0 Å². The van der Waals surface area contributed by atoms with E-state index in [-0.39, 0.29) is 0 Å². The number of nitrogens with zero attached hydrogens (tertiary/aromatic N) is 1. The molecule has 4 heteroatoms. The molecule has 70 valence electrons. The average Bonchev–Trinajstić information content (AvgIpc) is 2.67. The summed E-state index contributed by atoms with van der Waals surface area (Å²) in [5.41, 5.74) is 7.72. The average molecular weight is 220 g/mol. The summed E-state index contributed by atoms with van der Waals surface area (Å²) < 4.78 is 8.22. The number of nitrogen functional groups attached to an aromatic ring is 1. The van der Waals surface area contributed by atoms with Crippen molar-refractivity contribution in [2.24, 2.45) is 0 Å². The standard InChI is InChI=1S/C10H8N2S2/c1-5-9-10(14-12-5)7-4-6(11)2-3-8(7)13-9/h2-4H,11H2,1H3. The van der Waals surface area contributed by atoms with Crippen LogP contribution in [0.3, 0.4) is 0 Å². The molecule has 0 aliphatic rings. The van der Waals surface area contributed by atoms with Crippen LogP contribution in [0, 0.1) is 6.92 Å². The number of aromatic nitrogens is 1. The van der Waals surface area contributed by atoms with Gasteiger partial charge in [0.05, 0.1) is 15.1 Å².